The van der Waals surface area contributed by atoms with Gasteiger partial charge in [-0.3, -0.25) is 9.59 Å². The van der Waals surface area contributed by atoms with Crippen LogP contribution in [0.5, 0.6) is 0 Å². The maximum absolute atomic E-state index is 12.4. The van der Waals surface area contributed by atoms with Crippen LogP contribution in [0.4, 0.5) is 5.69 Å². The molecule has 0 spiro atoms. The van der Waals surface area contributed by atoms with Crippen LogP contribution in [0.25, 0.3) is 0 Å². The summed E-state index contributed by atoms with van der Waals surface area (Å²) in [5.74, 6) is -0.0222. The fraction of sp³-hybridized carbons (Fsp3) is 0.500. The molecule has 0 saturated carbocycles. The SMILES string of the molecule is O=C(CN1C(=O)CCc2ccccc21)N1CCC(O)CC1. The van der Waals surface area contributed by atoms with Crippen molar-refractivity contribution in [3.05, 3.63) is 29.8 Å². The van der Waals surface area contributed by atoms with Gasteiger partial charge in [0.05, 0.1) is 6.10 Å². The van der Waals surface area contributed by atoms with Gasteiger partial charge in [-0.05, 0) is 30.9 Å². The summed E-state index contributed by atoms with van der Waals surface area (Å²) in [6, 6.07) is 7.77. The highest BCUT2D eigenvalue weighted by Crippen LogP contribution is 2.27. The molecule has 112 valence electrons. The Morgan fingerprint density at radius 2 is 1.90 bits per heavy atom. The number of aliphatic hydroxyl groups excluding tert-OH is 1. The molecule has 1 aromatic rings. The van der Waals surface area contributed by atoms with Crippen molar-refractivity contribution in [1.82, 2.24) is 4.90 Å². The average Bonchev–Trinajstić information content (AvgIpc) is 2.51. The van der Waals surface area contributed by atoms with Crippen LogP contribution in [-0.4, -0.2) is 47.6 Å². The van der Waals surface area contributed by atoms with Gasteiger partial charge >= 0.3 is 0 Å². The quantitative estimate of drug-likeness (QED) is 0.881. The molecule has 1 N–H and O–H groups in total. The average molecular weight is 288 g/mol. The minimum Gasteiger partial charge on any atom is -0.393 e. The van der Waals surface area contributed by atoms with Gasteiger partial charge in [0.2, 0.25) is 11.8 Å². The summed E-state index contributed by atoms with van der Waals surface area (Å²) in [4.78, 5) is 27.9. The minimum atomic E-state index is -0.300. The predicted molar refractivity (Wildman–Crippen MR) is 78.9 cm³/mol. The summed E-state index contributed by atoms with van der Waals surface area (Å²) in [7, 11) is 0. The Kier molecular flexibility index (Phi) is 3.92. The number of likely N-dealkylation sites (tertiary alicyclic amines) is 1. The molecule has 2 amide bonds. The third-order valence-electron chi connectivity index (χ3n) is 4.30. The standard InChI is InChI=1S/C16H20N2O3/c19-13-7-9-17(10-8-13)16(21)11-18-14-4-2-1-3-12(14)5-6-15(18)20/h1-4,13,19H,5-11H2. The summed E-state index contributed by atoms with van der Waals surface area (Å²) in [6.45, 7) is 1.25. The number of fused-ring (bicyclic) bond motifs is 1. The van der Waals surface area contributed by atoms with Crippen molar-refractivity contribution < 1.29 is 14.7 Å². The zero-order valence-electron chi connectivity index (χ0n) is 12.0. The third-order valence-corrected chi connectivity index (χ3v) is 4.30. The minimum absolute atomic E-state index is 0.0131. The number of amides is 2. The van der Waals surface area contributed by atoms with Gasteiger partial charge in [-0.15, -0.1) is 0 Å². The van der Waals surface area contributed by atoms with Crippen molar-refractivity contribution in [2.75, 3.05) is 24.5 Å². The summed E-state index contributed by atoms with van der Waals surface area (Å²) in [6.07, 6.45) is 2.15. The number of rotatable bonds is 2. The second kappa shape index (κ2) is 5.85. The van der Waals surface area contributed by atoms with E-state index in [1.165, 1.54) is 0 Å². The molecule has 1 aromatic carbocycles. The summed E-state index contributed by atoms with van der Waals surface area (Å²) >= 11 is 0. The van der Waals surface area contributed by atoms with Crippen LogP contribution in [0.3, 0.4) is 0 Å². The first kappa shape index (κ1) is 14.1. The van der Waals surface area contributed by atoms with E-state index >= 15 is 0 Å². The lowest BCUT2D eigenvalue weighted by Crippen LogP contribution is -2.47. The van der Waals surface area contributed by atoms with Crippen LogP contribution in [-0.2, 0) is 16.0 Å². The molecular weight excluding hydrogens is 268 g/mol. The molecule has 1 saturated heterocycles. The molecule has 0 aliphatic carbocycles. The lowest BCUT2D eigenvalue weighted by atomic mass is 10.0. The van der Waals surface area contributed by atoms with Crippen molar-refractivity contribution >= 4 is 17.5 Å². The molecule has 0 atom stereocenters. The maximum atomic E-state index is 12.4. The van der Waals surface area contributed by atoms with Crippen molar-refractivity contribution in [3.8, 4) is 0 Å². The number of hydrogen-bond donors (Lipinski definition) is 1. The molecule has 5 heteroatoms. The fourth-order valence-corrected chi connectivity index (χ4v) is 3.02. The highest BCUT2D eigenvalue weighted by Gasteiger charge is 2.28. The molecule has 2 aliphatic heterocycles. The number of aliphatic hydroxyl groups is 1. The molecule has 2 aliphatic rings. The number of benzene rings is 1. The Labute approximate surface area is 124 Å². The molecule has 0 radical (unpaired) electrons. The number of piperidine rings is 1. The fourth-order valence-electron chi connectivity index (χ4n) is 3.02. The molecule has 0 bridgehead atoms. The van der Waals surface area contributed by atoms with E-state index < -0.39 is 0 Å². The van der Waals surface area contributed by atoms with E-state index in [4.69, 9.17) is 0 Å². The van der Waals surface area contributed by atoms with Crippen molar-refractivity contribution in [2.45, 2.75) is 31.8 Å². The van der Waals surface area contributed by atoms with E-state index in [-0.39, 0.29) is 24.5 Å². The number of anilines is 1. The van der Waals surface area contributed by atoms with Gasteiger partial charge in [-0.25, -0.2) is 0 Å². The monoisotopic (exact) mass is 288 g/mol. The van der Waals surface area contributed by atoms with Gasteiger partial charge in [0, 0.05) is 25.2 Å². The summed E-state index contributed by atoms with van der Waals surface area (Å²) in [5, 5.41) is 9.50. The normalized spacial score (nSPS) is 19.6. The molecular formula is C16H20N2O3. The van der Waals surface area contributed by atoms with Crippen LogP contribution < -0.4 is 4.90 Å². The van der Waals surface area contributed by atoms with Crippen LogP contribution in [0.15, 0.2) is 24.3 Å². The first-order chi connectivity index (χ1) is 10.1. The molecule has 0 unspecified atom stereocenters. The number of para-hydroxylation sites is 1. The molecule has 5 nitrogen and oxygen atoms in total. The molecule has 21 heavy (non-hydrogen) atoms. The van der Waals surface area contributed by atoms with Crippen LogP contribution in [0.1, 0.15) is 24.8 Å². The van der Waals surface area contributed by atoms with E-state index in [1.54, 1.807) is 9.80 Å². The Bertz CT molecular complexity index is 550. The smallest absolute Gasteiger partial charge is 0.242 e. The topological polar surface area (TPSA) is 60.9 Å². The van der Waals surface area contributed by atoms with Crippen LogP contribution in [0.2, 0.25) is 0 Å². The highest BCUT2D eigenvalue weighted by atomic mass is 16.3. The van der Waals surface area contributed by atoms with Crippen molar-refractivity contribution in [2.24, 2.45) is 0 Å². The lowest BCUT2D eigenvalue weighted by molar-refractivity contribution is -0.133. The number of nitrogens with zero attached hydrogens (tertiary/aromatic N) is 2. The van der Waals surface area contributed by atoms with E-state index in [0.29, 0.717) is 32.4 Å². The summed E-state index contributed by atoms with van der Waals surface area (Å²) < 4.78 is 0. The second-order valence-electron chi connectivity index (χ2n) is 5.72. The summed E-state index contributed by atoms with van der Waals surface area (Å²) in [5.41, 5.74) is 1.98. The number of carbonyl (C=O) groups excluding carboxylic acids is 2. The van der Waals surface area contributed by atoms with Crippen LogP contribution >= 0.6 is 0 Å². The first-order valence-corrected chi connectivity index (χ1v) is 7.49. The van der Waals surface area contributed by atoms with E-state index in [0.717, 1.165) is 17.7 Å². The van der Waals surface area contributed by atoms with Gasteiger partial charge in [0.25, 0.3) is 0 Å². The van der Waals surface area contributed by atoms with E-state index in [1.807, 2.05) is 24.3 Å². The second-order valence-corrected chi connectivity index (χ2v) is 5.72. The first-order valence-electron chi connectivity index (χ1n) is 7.49. The number of carbonyl (C=O) groups is 2. The number of hydrogen-bond acceptors (Lipinski definition) is 3. The lowest BCUT2D eigenvalue weighted by Gasteiger charge is -2.33. The zero-order valence-corrected chi connectivity index (χ0v) is 12.0. The van der Waals surface area contributed by atoms with Gasteiger partial charge in [-0.1, -0.05) is 18.2 Å². The largest absolute Gasteiger partial charge is 0.393 e. The Balaban J connectivity index is 1.72. The van der Waals surface area contributed by atoms with Crippen molar-refractivity contribution in [3.63, 3.8) is 0 Å². The maximum Gasteiger partial charge on any atom is 0.242 e. The van der Waals surface area contributed by atoms with Crippen LogP contribution in [0, 0.1) is 0 Å². The molecule has 3 rings (SSSR count). The zero-order chi connectivity index (χ0) is 14.8. The van der Waals surface area contributed by atoms with Gasteiger partial charge in [0.15, 0.2) is 0 Å². The van der Waals surface area contributed by atoms with Gasteiger partial charge in [0.1, 0.15) is 6.54 Å². The highest BCUT2D eigenvalue weighted by molar-refractivity contribution is 6.01. The van der Waals surface area contributed by atoms with Gasteiger partial charge in [-0.2, -0.15) is 0 Å². The predicted octanol–water partition coefficient (Wildman–Crippen LogP) is 0.949. The van der Waals surface area contributed by atoms with Gasteiger partial charge < -0.3 is 14.9 Å². The molecule has 0 aromatic heterocycles. The Morgan fingerprint density at radius 1 is 1.19 bits per heavy atom. The van der Waals surface area contributed by atoms with E-state index in [9.17, 15) is 14.7 Å². The molecule has 1 fully saturated rings. The Hall–Kier alpha value is -1.88. The number of aryl methyl sites for hydroxylation is 1. The third kappa shape index (κ3) is 2.93. The van der Waals surface area contributed by atoms with Crippen molar-refractivity contribution in [1.29, 1.82) is 0 Å². The Morgan fingerprint density at radius 3 is 2.67 bits per heavy atom. The van der Waals surface area contributed by atoms with E-state index in [2.05, 4.69) is 0 Å². The molecule has 2 heterocycles.